The molecule has 0 N–H and O–H groups in total. The van der Waals surface area contributed by atoms with E-state index in [9.17, 15) is 13.2 Å². The number of fused-ring (bicyclic) bond motifs is 1. The highest BCUT2D eigenvalue weighted by atomic mass is 19.4. The second kappa shape index (κ2) is 4.63. The van der Waals surface area contributed by atoms with E-state index in [4.69, 9.17) is 0 Å². The van der Waals surface area contributed by atoms with Gasteiger partial charge in [-0.1, -0.05) is 36.4 Å². The topological polar surface area (TPSA) is 12.9 Å². The van der Waals surface area contributed by atoms with Crippen molar-refractivity contribution in [2.45, 2.75) is 6.18 Å². The average molecular weight is 273 g/mol. The van der Waals surface area contributed by atoms with Gasteiger partial charge < -0.3 is 0 Å². The van der Waals surface area contributed by atoms with Crippen LogP contribution in [0.1, 0.15) is 5.56 Å². The number of aromatic nitrogens is 1. The van der Waals surface area contributed by atoms with Gasteiger partial charge in [0.05, 0.1) is 11.3 Å². The largest absolute Gasteiger partial charge is 0.417 e. The SMILES string of the molecule is FC(F)(F)c1ccc(-c2ccc3ccccc3c2)nc1. The molecule has 3 rings (SSSR count). The third-order valence-electron chi connectivity index (χ3n) is 3.14. The zero-order chi connectivity index (χ0) is 14.2. The lowest BCUT2D eigenvalue weighted by Crippen LogP contribution is -2.05. The molecule has 0 amide bonds. The number of halogens is 3. The molecule has 0 fully saturated rings. The Hall–Kier alpha value is -2.36. The summed E-state index contributed by atoms with van der Waals surface area (Å²) < 4.78 is 37.5. The number of alkyl halides is 3. The summed E-state index contributed by atoms with van der Waals surface area (Å²) >= 11 is 0. The fourth-order valence-corrected chi connectivity index (χ4v) is 2.08. The zero-order valence-electron chi connectivity index (χ0n) is 10.4. The highest BCUT2D eigenvalue weighted by Crippen LogP contribution is 2.30. The molecule has 1 aromatic heterocycles. The van der Waals surface area contributed by atoms with Crippen molar-refractivity contribution < 1.29 is 13.2 Å². The van der Waals surface area contributed by atoms with Gasteiger partial charge in [-0.2, -0.15) is 13.2 Å². The van der Waals surface area contributed by atoms with E-state index in [-0.39, 0.29) is 0 Å². The maximum Gasteiger partial charge on any atom is 0.417 e. The molecule has 20 heavy (non-hydrogen) atoms. The summed E-state index contributed by atoms with van der Waals surface area (Å²) in [4.78, 5) is 3.90. The van der Waals surface area contributed by atoms with Gasteiger partial charge in [0.25, 0.3) is 0 Å². The Labute approximate surface area is 113 Å². The number of hydrogen-bond donors (Lipinski definition) is 0. The molecule has 0 aliphatic carbocycles. The van der Waals surface area contributed by atoms with Crippen LogP contribution in [0.4, 0.5) is 13.2 Å². The molecule has 0 aliphatic rings. The first-order valence-corrected chi connectivity index (χ1v) is 6.06. The summed E-state index contributed by atoms with van der Waals surface area (Å²) in [5.74, 6) is 0. The van der Waals surface area contributed by atoms with Crippen LogP contribution >= 0.6 is 0 Å². The maximum atomic E-state index is 12.5. The molecule has 1 nitrogen and oxygen atoms in total. The van der Waals surface area contributed by atoms with E-state index in [2.05, 4.69) is 4.98 Å². The van der Waals surface area contributed by atoms with Gasteiger partial charge in [-0.3, -0.25) is 4.98 Å². The summed E-state index contributed by atoms with van der Waals surface area (Å²) in [5, 5.41) is 2.12. The molecule has 100 valence electrons. The predicted octanol–water partition coefficient (Wildman–Crippen LogP) is 4.92. The van der Waals surface area contributed by atoms with Gasteiger partial charge >= 0.3 is 6.18 Å². The Balaban J connectivity index is 2.02. The van der Waals surface area contributed by atoms with Crippen molar-refractivity contribution >= 4 is 10.8 Å². The summed E-state index contributed by atoms with van der Waals surface area (Å²) in [5.41, 5.74) is 0.600. The van der Waals surface area contributed by atoms with Crippen molar-refractivity contribution in [3.05, 3.63) is 66.4 Å². The van der Waals surface area contributed by atoms with E-state index in [1.807, 2.05) is 42.5 Å². The summed E-state index contributed by atoms with van der Waals surface area (Å²) in [7, 11) is 0. The monoisotopic (exact) mass is 273 g/mol. The number of rotatable bonds is 1. The molecule has 3 aromatic rings. The van der Waals surface area contributed by atoms with Gasteiger partial charge in [0.2, 0.25) is 0 Å². The minimum Gasteiger partial charge on any atom is -0.256 e. The van der Waals surface area contributed by atoms with E-state index in [0.717, 1.165) is 28.6 Å². The van der Waals surface area contributed by atoms with Crippen LogP contribution < -0.4 is 0 Å². The minimum atomic E-state index is -4.35. The van der Waals surface area contributed by atoms with Crippen LogP contribution in [0, 0.1) is 0 Å². The van der Waals surface area contributed by atoms with Gasteiger partial charge in [-0.25, -0.2) is 0 Å². The Bertz CT molecular complexity index is 746. The summed E-state index contributed by atoms with van der Waals surface area (Å²) in [6.07, 6.45) is -3.49. The van der Waals surface area contributed by atoms with Crippen LogP contribution in [0.25, 0.3) is 22.0 Å². The molecule has 2 aromatic carbocycles. The highest BCUT2D eigenvalue weighted by Gasteiger charge is 2.30. The van der Waals surface area contributed by atoms with E-state index in [1.165, 1.54) is 6.07 Å². The van der Waals surface area contributed by atoms with E-state index >= 15 is 0 Å². The standard InChI is InChI=1S/C16H10F3N/c17-16(18,19)14-7-8-15(20-10-14)13-6-5-11-3-1-2-4-12(11)9-13/h1-10H. The van der Waals surface area contributed by atoms with Crippen LogP contribution in [-0.2, 0) is 6.18 Å². The van der Waals surface area contributed by atoms with Crippen molar-refractivity contribution in [2.24, 2.45) is 0 Å². The lowest BCUT2D eigenvalue weighted by molar-refractivity contribution is -0.137. The van der Waals surface area contributed by atoms with Crippen LogP contribution in [-0.4, -0.2) is 4.98 Å². The molecule has 0 bridgehead atoms. The molecule has 0 atom stereocenters. The summed E-state index contributed by atoms with van der Waals surface area (Å²) in [6, 6.07) is 16.0. The predicted molar refractivity (Wildman–Crippen MR) is 72.2 cm³/mol. The molecule has 0 unspecified atom stereocenters. The molecule has 1 heterocycles. The van der Waals surface area contributed by atoms with Gasteiger partial charge in [0.1, 0.15) is 0 Å². The second-order valence-corrected chi connectivity index (χ2v) is 4.49. The first-order valence-electron chi connectivity index (χ1n) is 6.06. The first kappa shape index (κ1) is 12.7. The molecule has 0 saturated carbocycles. The number of pyridine rings is 1. The quantitative estimate of drug-likeness (QED) is 0.613. The van der Waals surface area contributed by atoms with E-state index in [0.29, 0.717) is 5.69 Å². The lowest BCUT2D eigenvalue weighted by atomic mass is 10.0. The zero-order valence-corrected chi connectivity index (χ0v) is 10.4. The highest BCUT2D eigenvalue weighted by molar-refractivity contribution is 5.86. The van der Waals surface area contributed by atoms with Crippen LogP contribution in [0.15, 0.2) is 60.8 Å². The Morgan fingerprint density at radius 3 is 2.20 bits per heavy atom. The van der Waals surface area contributed by atoms with Crippen molar-refractivity contribution in [1.29, 1.82) is 0 Å². The van der Waals surface area contributed by atoms with Gasteiger partial charge in [0, 0.05) is 11.8 Å². The first-order chi connectivity index (χ1) is 9.54. The smallest absolute Gasteiger partial charge is 0.256 e. The van der Waals surface area contributed by atoms with Crippen LogP contribution in [0.5, 0.6) is 0 Å². The fourth-order valence-electron chi connectivity index (χ4n) is 2.08. The van der Waals surface area contributed by atoms with Crippen LogP contribution in [0.3, 0.4) is 0 Å². The lowest BCUT2D eigenvalue weighted by Gasteiger charge is -2.07. The number of nitrogens with zero attached hydrogens (tertiary/aromatic N) is 1. The van der Waals surface area contributed by atoms with Crippen molar-refractivity contribution in [1.82, 2.24) is 4.98 Å². The molecule has 4 heteroatoms. The van der Waals surface area contributed by atoms with Gasteiger partial charge in [-0.15, -0.1) is 0 Å². The third kappa shape index (κ3) is 2.37. The maximum absolute atomic E-state index is 12.5. The Morgan fingerprint density at radius 1 is 0.800 bits per heavy atom. The molecular formula is C16H10F3N. The number of hydrogen-bond acceptors (Lipinski definition) is 1. The van der Waals surface area contributed by atoms with Gasteiger partial charge in [0.15, 0.2) is 0 Å². The molecular weight excluding hydrogens is 263 g/mol. The molecule has 0 spiro atoms. The van der Waals surface area contributed by atoms with Crippen molar-refractivity contribution in [2.75, 3.05) is 0 Å². The number of benzene rings is 2. The Morgan fingerprint density at radius 2 is 1.55 bits per heavy atom. The van der Waals surface area contributed by atoms with Gasteiger partial charge in [-0.05, 0) is 29.0 Å². The summed E-state index contributed by atoms with van der Waals surface area (Å²) in [6.45, 7) is 0. The van der Waals surface area contributed by atoms with E-state index < -0.39 is 11.7 Å². The fraction of sp³-hybridized carbons (Fsp3) is 0.0625. The van der Waals surface area contributed by atoms with Crippen LogP contribution in [0.2, 0.25) is 0 Å². The second-order valence-electron chi connectivity index (χ2n) is 4.49. The molecule has 0 aliphatic heterocycles. The third-order valence-corrected chi connectivity index (χ3v) is 3.14. The molecule has 0 saturated heterocycles. The van der Waals surface area contributed by atoms with E-state index in [1.54, 1.807) is 0 Å². The normalized spacial score (nSPS) is 11.8. The van der Waals surface area contributed by atoms with Crippen molar-refractivity contribution in [3.63, 3.8) is 0 Å². The Kier molecular flexibility index (Phi) is 2.93. The average Bonchev–Trinajstić information content (AvgIpc) is 2.46. The molecule has 0 radical (unpaired) electrons. The van der Waals surface area contributed by atoms with Crippen molar-refractivity contribution in [3.8, 4) is 11.3 Å². The minimum absolute atomic E-state index is 0.531.